The van der Waals surface area contributed by atoms with E-state index >= 15 is 0 Å². The van der Waals surface area contributed by atoms with Gasteiger partial charge in [-0.1, -0.05) is 12.1 Å². The first kappa shape index (κ1) is 18.5. The Balaban J connectivity index is 0.00000208. The fourth-order valence-electron chi connectivity index (χ4n) is 3.37. The highest BCUT2D eigenvalue weighted by molar-refractivity contribution is 5.85. The number of amides is 1. The van der Waals surface area contributed by atoms with Gasteiger partial charge in [0.1, 0.15) is 6.54 Å². The minimum atomic E-state index is -0.113. The molecule has 0 saturated carbocycles. The van der Waals surface area contributed by atoms with Crippen molar-refractivity contribution >= 4 is 29.3 Å². The van der Waals surface area contributed by atoms with Crippen LogP contribution >= 0.6 is 12.4 Å². The van der Waals surface area contributed by atoms with Gasteiger partial charge >= 0.3 is 5.69 Å². The molecule has 0 aliphatic carbocycles. The van der Waals surface area contributed by atoms with E-state index in [0.717, 1.165) is 17.6 Å². The summed E-state index contributed by atoms with van der Waals surface area (Å²) in [5.41, 5.74) is 1.59. The zero-order valence-corrected chi connectivity index (χ0v) is 15.2. The van der Waals surface area contributed by atoms with Gasteiger partial charge in [-0.05, 0) is 32.9 Å². The van der Waals surface area contributed by atoms with Gasteiger partial charge in [0, 0.05) is 31.7 Å². The Hall–Kier alpha value is -1.79. The van der Waals surface area contributed by atoms with Crippen molar-refractivity contribution in [1.82, 2.24) is 19.4 Å². The fraction of sp³-hybridized carbons (Fsp3) is 0.529. The lowest BCUT2D eigenvalue weighted by atomic mass is 10.1. The Labute approximate surface area is 147 Å². The van der Waals surface area contributed by atoms with Crippen LogP contribution in [-0.2, 0) is 17.9 Å². The Kier molecular flexibility index (Phi) is 5.72. The third kappa shape index (κ3) is 3.08. The average Bonchev–Trinajstić information content (AvgIpc) is 2.82. The van der Waals surface area contributed by atoms with Crippen molar-refractivity contribution in [3.63, 3.8) is 0 Å². The summed E-state index contributed by atoms with van der Waals surface area (Å²) in [7, 11) is 0. The molecule has 2 unspecified atom stereocenters. The molecule has 1 aliphatic rings. The van der Waals surface area contributed by atoms with Gasteiger partial charge in [-0.2, -0.15) is 0 Å². The number of fused-ring (bicyclic) bond motifs is 1. The summed E-state index contributed by atoms with van der Waals surface area (Å²) in [6.45, 7) is 8.26. The number of hydrogen-bond acceptors (Lipinski definition) is 3. The number of hydrogen-bond donors (Lipinski definition) is 1. The molecule has 2 atom stereocenters. The second-order valence-electron chi connectivity index (χ2n) is 6.17. The predicted octanol–water partition coefficient (Wildman–Crippen LogP) is 1.45. The molecule has 0 bridgehead atoms. The molecule has 1 N–H and O–H groups in total. The molecule has 0 spiro atoms. The van der Waals surface area contributed by atoms with E-state index in [4.69, 9.17) is 0 Å². The molecule has 0 radical (unpaired) electrons. The lowest BCUT2D eigenvalue weighted by molar-refractivity contribution is -0.135. The minimum absolute atomic E-state index is 0. The highest BCUT2D eigenvalue weighted by Gasteiger charge is 2.28. The van der Waals surface area contributed by atoms with Crippen LogP contribution in [0, 0.1) is 0 Å². The lowest BCUT2D eigenvalue weighted by Crippen LogP contribution is -2.58. The zero-order valence-electron chi connectivity index (χ0n) is 14.4. The Morgan fingerprint density at radius 1 is 1.21 bits per heavy atom. The van der Waals surface area contributed by atoms with Crippen molar-refractivity contribution < 1.29 is 4.79 Å². The van der Waals surface area contributed by atoms with Crippen LogP contribution in [-0.4, -0.2) is 45.1 Å². The largest absolute Gasteiger partial charge is 0.336 e. The molecule has 2 heterocycles. The summed E-state index contributed by atoms with van der Waals surface area (Å²) in [6.07, 6.45) is 0. The van der Waals surface area contributed by atoms with Crippen molar-refractivity contribution in [2.24, 2.45) is 0 Å². The molecule has 1 saturated heterocycles. The van der Waals surface area contributed by atoms with Gasteiger partial charge in [-0.3, -0.25) is 13.9 Å². The second-order valence-corrected chi connectivity index (χ2v) is 6.17. The first-order valence-electron chi connectivity index (χ1n) is 8.25. The number of rotatable bonds is 3. The molecule has 1 aromatic heterocycles. The lowest BCUT2D eigenvalue weighted by Gasteiger charge is -2.38. The summed E-state index contributed by atoms with van der Waals surface area (Å²) in [4.78, 5) is 27.3. The SMILES string of the molecule is CCn1c(=O)n(CC(=O)N2CCNC(C)C2C)c2ccccc21.Cl. The zero-order chi connectivity index (χ0) is 16.6. The highest BCUT2D eigenvalue weighted by atomic mass is 35.5. The van der Waals surface area contributed by atoms with E-state index in [9.17, 15) is 9.59 Å². The Morgan fingerprint density at radius 3 is 2.46 bits per heavy atom. The fourth-order valence-corrected chi connectivity index (χ4v) is 3.37. The van der Waals surface area contributed by atoms with Crippen molar-refractivity contribution in [1.29, 1.82) is 0 Å². The van der Waals surface area contributed by atoms with E-state index in [-0.39, 0.29) is 42.6 Å². The van der Waals surface area contributed by atoms with Crippen LogP contribution in [0.25, 0.3) is 11.0 Å². The van der Waals surface area contributed by atoms with Gasteiger partial charge in [0.05, 0.1) is 11.0 Å². The number of carbonyl (C=O) groups excluding carboxylic acids is 1. The third-order valence-electron chi connectivity index (χ3n) is 4.89. The van der Waals surface area contributed by atoms with Crippen LogP contribution < -0.4 is 11.0 Å². The van der Waals surface area contributed by atoms with Crippen molar-refractivity contribution in [2.75, 3.05) is 13.1 Å². The van der Waals surface area contributed by atoms with Crippen molar-refractivity contribution in [3.8, 4) is 0 Å². The molecule has 6 nitrogen and oxygen atoms in total. The standard InChI is InChI=1S/C17H24N4O2.ClH/c1-4-19-14-7-5-6-8-15(14)21(17(19)23)11-16(22)20-10-9-18-12(2)13(20)3;/h5-8,12-13,18H,4,9-11H2,1-3H3;1H. The number of carbonyl (C=O) groups is 1. The second kappa shape index (κ2) is 7.40. The Morgan fingerprint density at radius 2 is 1.83 bits per heavy atom. The molecular formula is C17H25ClN4O2. The topological polar surface area (TPSA) is 59.3 Å². The van der Waals surface area contributed by atoms with Gasteiger partial charge < -0.3 is 10.2 Å². The number of benzene rings is 1. The predicted molar refractivity (Wildman–Crippen MR) is 97.8 cm³/mol. The van der Waals surface area contributed by atoms with Gasteiger partial charge in [-0.25, -0.2) is 4.79 Å². The van der Waals surface area contributed by atoms with E-state index in [0.29, 0.717) is 13.1 Å². The molecule has 3 rings (SSSR count). The number of imidazole rings is 1. The van der Waals surface area contributed by atoms with Gasteiger partial charge in [0.15, 0.2) is 0 Å². The number of piperazine rings is 1. The molecular weight excluding hydrogens is 328 g/mol. The van der Waals surface area contributed by atoms with E-state index in [1.165, 1.54) is 0 Å². The molecule has 7 heteroatoms. The van der Waals surface area contributed by atoms with Crippen LogP contribution in [0.2, 0.25) is 0 Å². The summed E-state index contributed by atoms with van der Waals surface area (Å²) in [5.74, 6) is 0.00644. The number of aryl methyl sites for hydroxylation is 1. The van der Waals surface area contributed by atoms with E-state index < -0.39 is 0 Å². The maximum atomic E-state index is 12.7. The molecule has 1 fully saturated rings. The normalized spacial score (nSPS) is 20.9. The highest BCUT2D eigenvalue weighted by Crippen LogP contribution is 2.14. The van der Waals surface area contributed by atoms with Crippen LogP contribution in [0.4, 0.5) is 0 Å². The summed E-state index contributed by atoms with van der Waals surface area (Å²) in [6, 6.07) is 8.04. The van der Waals surface area contributed by atoms with Crippen molar-refractivity contribution in [3.05, 3.63) is 34.7 Å². The first-order chi connectivity index (χ1) is 11.0. The maximum Gasteiger partial charge on any atom is 0.329 e. The summed E-state index contributed by atoms with van der Waals surface area (Å²) in [5, 5.41) is 3.37. The average molecular weight is 353 g/mol. The molecule has 1 aliphatic heterocycles. The van der Waals surface area contributed by atoms with Gasteiger partial charge in [0.25, 0.3) is 0 Å². The molecule has 1 amide bonds. The van der Waals surface area contributed by atoms with E-state index in [2.05, 4.69) is 12.2 Å². The molecule has 132 valence electrons. The summed E-state index contributed by atoms with van der Waals surface area (Å²) < 4.78 is 3.31. The number of para-hydroxylation sites is 2. The Bertz CT molecular complexity index is 782. The maximum absolute atomic E-state index is 12.7. The number of nitrogens with zero attached hydrogens (tertiary/aromatic N) is 3. The molecule has 1 aromatic carbocycles. The molecule has 2 aromatic rings. The van der Waals surface area contributed by atoms with Crippen LogP contribution in [0.15, 0.2) is 29.1 Å². The monoisotopic (exact) mass is 352 g/mol. The molecule has 24 heavy (non-hydrogen) atoms. The van der Waals surface area contributed by atoms with Crippen molar-refractivity contribution in [2.45, 2.75) is 45.9 Å². The number of nitrogens with one attached hydrogen (secondary N) is 1. The number of halogens is 1. The smallest absolute Gasteiger partial charge is 0.329 e. The van der Waals surface area contributed by atoms with Gasteiger partial charge in [-0.15, -0.1) is 12.4 Å². The quantitative estimate of drug-likeness (QED) is 0.909. The van der Waals surface area contributed by atoms with Gasteiger partial charge in [0.2, 0.25) is 5.91 Å². The summed E-state index contributed by atoms with van der Waals surface area (Å²) >= 11 is 0. The van der Waals surface area contributed by atoms with Crippen LogP contribution in [0.3, 0.4) is 0 Å². The van der Waals surface area contributed by atoms with Crippen LogP contribution in [0.5, 0.6) is 0 Å². The van der Waals surface area contributed by atoms with E-state index in [1.54, 1.807) is 9.13 Å². The van der Waals surface area contributed by atoms with Crippen LogP contribution in [0.1, 0.15) is 20.8 Å². The number of aromatic nitrogens is 2. The first-order valence-corrected chi connectivity index (χ1v) is 8.25. The third-order valence-corrected chi connectivity index (χ3v) is 4.89. The minimum Gasteiger partial charge on any atom is -0.336 e. The van der Waals surface area contributed by atoms with E-state index in [1.807, 2.05) is 43.0 Å².